The fourth-order valence-corrected chi connectivity index (χ4v) is 5.58. The highest BCUT2D eigenvalue weighted by Crippen LogP contribution is 2.36. The number of carbonyl (C=O) groups is 2. The third-order valence-electron chi connectivity index (χ3n) is 6.09. The molecular formula is C27H34ClFN4O4S. The van der Waals surface area contributed by atoms with Crippen LogP contribution in [0, 0.1) is 5.82 Å². The molecule has 1 unspecified atom stereocenters. The molecule has 2 aromatic rings. The zero-order valence-electron chi connectivity index (χ0n) is 22.1. The molecule has 2 atom stereocenters. The standard InChI is InChI=1S/C27H34ClFN4O4S/c1-26(2,30)25(35)31-22(16-37-15-17-6-12-20(29)13-7-17)24(34)33(5)14-21-23(38(36)32-27(21,3)4)18-8-10-19(28)11-9-18/h6-13,22,32H,14-16,30H2,1-5H3,(H,31,35)/t22-,38?/m1/s1. The molecule has 2 aromatic carbocycles. The van der Waals surface area contributed by atoms with E-state index < -0.39 is 39.9 Å². The molecule has 0 saturated heterocycles. The second-order valence-corrected chi connectivity index (χ2v) is 12.0. The van der Waals surface area contributed by atoms with Gasteiger partial charge in [0, 0.05) is 24.2 Å². The lowest BCUT2D eigenvalue weighted by Gasteiger charge is -2.30. The lowest BCUT2D eigenvalue weighted by molar-refractivity contribution is -0.138. The first-order valence-corrected chi connectivity index (χ1v) is 13.6. The lowest BCUT2D eigenvalue weighted by Crippen LogP contribution is -2.57. The van der Waals surface area contributed by atoms with Crippen LogP contribution < -0.4 is 15.8 Å². The van der Waals surface area contributed by atoms with Crippen molar-refractivity contribution in [3.05, 3.63) is 76.1 Å². The molecule has 0 bridgehead atoms. The Kier molecular flexibility index (Phi) is 9.48. The van der Waals surface area contributed by atoms with Gasteiger partial charge in [-0.1, -0.05) is 35.9 Å². The predicted molar refractivity (Wildman–Crippen MR) is 148 cm³/mol. The fraction of sp³-hybridized carbons (Fsp3) is 0.407. The van der Waals surface area contributed by atoms with Gasteiger partial charge in [-0.3, -0.25) is 9.59 Å². The molecule has 2 amide bonds. The average molecular weight is 565 g/mol. The number of benzene rings is 2. The Morgan fingerprint density at radius 1 is 1.18 bits per heavy atom. The largest absolute Gasteiger partial charge is 0.374 e. The van der Waals surface area contributed by atoms with E-state index in [4.69, 9.17) is 22.1 Å². The minimum absolute atomic E-state index is 0.122. The monoisotopic (exact) mass is 564 g/mol. The van der Waals surface area contributed by atoms with Gasteiger partial charge in [0.25, 0.3) is 0 Å². The maximum absolute atomic E-state index is 13.6. The van der Waals surface area contributed by atoms with Gasteiger partial charge >= 0.3 is 0 Å². The van der Waals surface area contributed by atoms with Crippen molar-refractivity contribution in [2.24, 2.45) is 5.73 Å². The number of hydrogen-bond donors (Lipinski definition) is 3. The van der Waals surface area contributed by atoms with Gasteiger partial charge in [-0.05, 0) is 68.7 Å². The summed E-state index contributed by atoms with van der Waals surface area (Å²) in [5.41, 5.74) is 6.29. The van der Waals surface area contributed by atoms with Crippen molar-refractivity contribution in [2.75, 3.05) is 20.2 Å². The van der Waals surface area contributed by atoms with Gasteiger partial charge in [-0.25, -0.2) is 13.3 Å². The molecule has 0 aliphatic carbocycles. The van der Waals surface area contributed by atoms with Crippen molar-refractivity contribution >= 4 is 39.3 Å². The van der Waals surface area contributed by atoms with Gasteiger partial charge in [0.2, 0.25) is 11.8 Å². The van der Waals surface area contributed by atoms with E-state index in [1.54, 1.807) is 43.4 Å². The molecule has 1 heterocycles. The van der Waals surface area contributed by atoms with Gasteiger partial charge in [0.1, 0.15) is 22.8 Å². The summed E-state index contributed by atoms with van der Waals surface area (Å²) in [6.07, 6.45) is 0. The lowest BCUT2D eigenvalue weighted by atomic mass is 9.92. The molecule has 11 heteroatoms. The molecule has 0 radical (unpaired) electrons. The molecule has 206 valence electrons. The van der Waals surface area contributed by atoms with Crippen molar-refractivity contribution < 1.29 is 22.9 Å². The minimum Gasteiger partial charge on any atom is -0.374 e. The predicted octanol–water partition coefficient (Wildman–Crippen LogP) is 3.13. The van der Waals surface area contributed by atoms with Crippen molar-refractivity contribution in [3.63, 3.8) is 0 Å². The number of amides is 2. The molecule has 38 heavy (non-hydrogen) atoms. The van der Waals surface area contributed by atoms with E-state index in [9.17, 15) is 18.2 Å². The number of nitrogens with two attached hydrogens (primary N) is 1. The summed E-state index contributed by atoms with van der Waals surface area (Å²) in [7, 11) is 0.114. The first-order valence-electron chi connectivity index (χ1n) is 12.0. The molecule has 0 saturated carbocycles. The van der Waals surface area contributed by atoms with Crippen LogP contribution in [0.4, 0.5) is 4.39 Å². The van der Waals surface area contributed by atoms with E-state index in [-0.39, 0.29) is 25.6 Å². The number of carbonyl (C=O) groups excluding carboxylic acids is 2. The minimum atomic E-state index is -1.50. The Balaban J connectivity index is 1.82. The molecular weight excluding hydrogens is 531 g/mol. The van der Waals surface area contributed by atoms with Crippen molar-refractivity contribution in [2.45, 2.75) is 51.4 Å². The Hall–Kier alpha value is -2.63. The van der Waals surface area contributed by atoms with Gasteiger partial charge < -0.3 is 20.7 Å². The number of rotatable bonds is 10. The van der Waals surface area contributed by atoms with Crippen molar-refractivity contribution in [1.29, 1.82) is 0 Å². The van der Waals surface area contributed by atoms with Crippen LogP contribution in [0.15, 0.2) is 54.1 Å². The number of nitrogens with zero attached hydrogens (tertiary/aromatic N) is 1. The average Bonchev–Trinajstić information content (AvgIpc) is 3.06. The summed E-state index contributed by atoms with van der Waals surface area (Å²) in [4.78, 5) is 28.3. The van der Waals surface area contributed by atoms with Gasteiger partial charge in [0.15, 0.2) is 0 Å². The van der Waals surface area contributed by atoms with Crippen LogP contribution >= 0.6 is 11.6 Å². The number of nitrogens with one attached hydrogen (secondary N) is 2. The molecule has 0 spiro atoms. The fourth-order valence-electron chi connectivity index (χ4n) is 3.87. The normalized spacial score (nSPS) is 17.8. The number of hydrogen-bond acceptors (Lipinski definition) is 5. The van der Waals surface area contributed by atoms with Crippen molar-refractivity contribution in [1.82, 2.24) is 14.9 Å². The van der Waals surface area contributed by atoms with Crippen LogP contribution in [0.1, 0.15) is 38.8 Å². The first-order chi connectivity index (χ1) is 17.7. The topological polar surface area (TPSA) is 114 Å². The van der Waals surface area contributed by atoms with E-state index in [1.807, 2.05) is 13.8 Å². The van der Waals surface area contributed by atoms with Crippen LogP contribution in [0.25, 0.3) is 4.91 Å². The van der Waals surface area contributed by atoms with Crippen molar-refractivity contribution in [3.8, 4) is 0 Å². The second kappa shape index (κ2) is 12.0. The van der Waals surface area contributed by atoms with Crippen LogP contribution in [0.2, 0.25) is 5.02 Å². The zero-order valence-corrected chi connectivity index (χ0v) is 23.7. The summed E-state index contributed by atoms with van der Waals surface area (Å²) in [6.45, 7) is 7.01. The molecule has 0 fully saturated rings. The van der Waals surface area contributed by atoms with Gasteiger partial charge in [-0.2, -0.15) is 0 Å². The maximum atomic E-state index is 13.6. The molecule has 8 nitrogen and oxygen atoms in total. The summed E-state index contributed by atoms with van der Waals surface area (Å²) < 4.78 is 35.0. The van der Waals surface area contributed by atoms with Crippen LogP contribution in [0.5, 0.6) is 0 Å². The van der Waals surface area contributed by atoms with Gasteiger partial charge in [0.05, 0.1) is 23.7 Å². The Morgan fingerprint density at radius 3 is 2.37 bits per heavy atom. The summed E-state index contributed by atoms with van der Waals surface area (Å²) in [6, 6.07) is 11.8. The molecule has 0 aromatic heterocycles. The molecule has 1 aliphatic heterocycles. The van der Waals surface area contributed by atoms with Crippen LogP contribution in [-0.2, 0) is 31.9 Å². The van der Waals surface area contributed by atoms with E-state index in [0.717, 1.165) is 16.7 Å². The first kappa shape index (κ1) is 29.9. The quantitative estimate of drug-likeness (QED) is 0.410. The SMILES string of the molecule is CN(CC1=C(c2ccc(Cl)cc2)S(=O)NC1(C)C)C(=O)[C@@H](COCc1ccc(F)cc1)NC(=O)C(C)(C)N. The summed E-state index contributed by atoms with van der Waals surface area (Å²) >= 11 is 6.04. The number of likely N-dealkylation sites (N-methyl/N-ethyl adjacent to an activating group) is 1. The van der Waals surface area contributed by atoms with E-state index in [2.05, 4.69) is 10.0 Å². The number of halogens is 2. The molecule has 4 N–H and O–H groups in total. The Labute approximate surface area is 230 Å². The maximum Gasteiger partial charge on any atom is 0.247 e. The third-order valence-corrected chi connectivity index (χ3v) is 7.90. The zero-order chi connectivity index (χ0) is 28.3. The molecule has 1 aliphatic rings. The Morgan fingerprint density at radius 2 is 1.79 bits per heavy atom. The third kappa shape index (κ3) is 7.48. The second-order valence-electron chi connectivity index (χ2n) is 10.4. The van der Waals surface area contributed by atoms with E-state index >= 15 is 0 Å². The highest BCUT2D eigenvalue weighted by Gasteiger charge is 2.39. The smallest absolute Gasteiger partial charge is 0.247 e. The Bertz CT molecular complexity index is 1230. The van der Waals surface area contributed by atoms with E-state index in [0.29, 0.717) is 9.93 Å². The van der Waals surface area contributed by atoms with Crippen LogP contribution in [-0.4, -0.2) is 58.2 Å². The highest BCUT2D eigenvalue weighted by atomic mass is 35.5. The summed E-state index contributed by atoms with van der Waals surface area (Å²) in [5.74, 6) is -1.28. The summed E-state index contributed by atoms with van der Waals surface area (Å²) in [5, 5.41) is 3.25. The van der Waals surface area contributed by atoms with Crippen LogP contribution in [0.3, 0.4) is 0 Å². The van der Waals surface area contributed by atoms with Gasteiger partial charge in [-0.15, -0.1) is 0 Å². The van der Waals surface area contributed by atoms with E-state index in [1.165, 1.54) is 30.9 Å². The highest BCUT2D eigenvalue weighted by molar-refractivity contribution is 7.93. The molecule has 3 rings (SSSR count). The number of ether oxygens (including phenoxy) is 1.